The Hall–Kier alpha value is -1.17. The average Bonchev–Trinajstić information content (AvgIpc) is 1.86. The summed E-state index contributed by atoms with van der Waals surface area (Å²) in [6, 6.07) is 0. The molecule has 0 aliphatic rings. The van der Waals surface area contributed by atoms with E-state index in [2.05, 4.69) is 16.8 Å². The van der Waals surface area contributed by atoms with Crippen LogP contribution in [-0.4, -0.2) is 25.1 Å². The summed E-state index contributed by atoms with van der Waals surface area (Å²) in [7, 11) is 3.22. The maximum atomic E-state index is 10.7. The molecule has 0 aliphatic carbocycles. The third kappa shape index (κ3) is 5.28. The number of hydrogen-bond donors (Lipinski definition) is 0. The zero-order valence-electron chi connectivity index (χ0n) is 7.34. The molecule has 3 nitrogen and oxygen atoms in total. The fourth-order valence-corrected chi connectivity index (χ4v) is 0.282. The molecule has 0 rings (SSSR count). The number of carbonyl (C=O) groups excluding carboxylic acids is 1. The fraction of sp³-hybridized carbons (Fsp3) is 0.625. The summed E-state index contributed by atoms with van der Waals surface area (Å²) in [5.41, 5.74) is 0. The SMILES string of the molecule is CC(C)C#COC(=O)N(C)C. The Bertz CT molecular complexity index is 186. The number of carbonyl (C=O) groups is 1. The van der Waals surface area contributed by atoms with Crippen LogP contribution in [0.4, 0.5) is 4.79 Å². The molecule has 0 unspecified atom stereocenters. The van der Waals surface area contributed by atoms with E-state index < -0.39 is 6.09 Å². The van der Waals surface area contributed by atoms with Gasteiger partial charge in [-0.05, 0) is 0 Å². The Morgan fingerprint density at radius 1 is 1.45 bits per heavy atom. The van der Waals surface area contributed by atoms with Gasteiger partial charge >= 0.3 is 6.09 Å². The van der Waals surface area contributed by atoms with E-state index in [9.17, 15) is 4.79 Å². The highest BCUT2D eigenvalue weighted by molar-refractivity contribution is 5.67. The molecule has 0 aliphatic heterocycles. The van der Waals surface area contributed by atoms with E-state index in [1.807, 2.05) is 13.8 Å². The van der Waals surface area contributed by atoms with Gasteiger partial charge in [-0.25, -0.2) is 4.79 Å². The molecule has 0 aromatic carbocycles. The lowest BCUT2D eigenvalue weighted by Gasteiger charge is -2.04. The van der Waals surface area contributed by atoms with Crippen molar-refractivity contribution in [3.63, 3.8) is 0 Å². The van der Waals surface area contributed by atoms with Crippen molar-refractivity contribution in [2.45, 2.75) is 13.8 Å². The molecule has 0 saturated heterocycles. The molecule has 0 aromatic rings. The van der Waals surface area contributed by atoms with Gasteiger partial charge in [0, 0.05) is 20.0 Å². The van der Waals surface area contributed by atoms with Gasteiger partial charge in [0.15, 0.2) is 0 Å². The molecular weight excluding hydrogens is 142 g/mol. The van der Waals surface area contributed by atoms with Crippen molar-refractivity contribution in [1.29, 1.82) is 0 Å². The summed E-state index contributed by atoms with van der Waals surface area (Å²) in [5, 5.41) is 0. The number of hydrogen-bond acceptors (Lipinski definition) is 2. The van der Waals surface area contributed by atoms with Gasteiger partial charge in [0.2, 0.25) is 0 Å². The second kappa shape index (κ2) is 4.62. The van der Waals surface area contributed by atoms with Crippen LogP contribution in [0.1, 0.15) is 13.8 Å². The van der Waals surface area contributed by atoms with Crippen LogP contribution in [-0.2, 0) is 4.74 Å². The summed E-state index contributed by atoms with van der Waals surface area (Å²) in [4.78, 5) is 12.1. The van der Waals surface area contributed by atoms with E-state index >= 15 is 0 Å². The Kier molecular flexibility index (Phi) is 4.12. The Balaban J connectivity index is 3.73. The molecule has 0 atom stereocenters. The molecule has 11 heavy (non-hydrogen) atoms. The monoisotopic (exact) mass is 155 g/mol. The largest absolute Gasteiger partial charge is 0.423 e. The topological polar surface area (TPSA) is 29.5 Å². The van der Waals surface area contributed by atoms with Gasteiger partial charge in [-0.3, -0.25) is 0 Å². The second-order valence-corrected chi connectivity index (χ2v) is 2.66. The van der Waals surface area contributed by atoms with Crippen LogP contribution < -0.4 is 0 Å². The first-order valence-corrected chi connectivity index (χ1v) is 3.42. The molecule has 0 N–H and O–H groups in total. The minimum atomic E-state index is -0.432. The van der Waals surface area contributed by atoms with Crippen molar-refractivity contribution >= 4 is 6.09 Å². The van der Waals surface area contributed by atoms with E-state index in [0.717, 1.165) is 0 Å². The molecule has 1 amide bonds. The number of amides is 1. The zero-order valence-corrected chi connectivity index (χ0v) is 7.34. The Labute approximate surface area is 67.3 Å². The van der Waals surface area contributed by atoms with Crippen molar-refractivity contribution in [2.75, 3.05) is 14.1 Å². The fourth-order valence-electron chi connectivity index (χ4n) is 0.282. The average molecular weight is 155 g/mol. The minimum Gasteiger partial charge on any atom is -0.356 e. The van der Waals surface area contributed by atoms with Gasteiger partial charge in [0.1, 0.15) is 6.11 Å². The van der Waals surface area contributed by atoms with Crippen LogP contribution in [0.3, 0.4) is 0 Å². The van der Waals surface area contributed by atoms with Crippen LogP contribution in [0.25, 0.3) is 0 Å². The normalized spacial score (nSPS) is 8.45. The Morgan fingerprint density at radius 3 is 2.36 bits per heavy atom. The minimum absolute atomic E-state index is 0.227. The third-order valence-corrected chi connectivity index (χ3v) is 0.851. The van der Waals surface area contributed by atoms with Gasteiger partial charge in [-0.15, -0.1) is 0 Å². The maximum Gasteiger partial charge on any atom is 0.423 e. The van der Waals surface area contributed by atoms with Crippen LogP contribution in [0.2, 0.25) is 0 Å². The quantitative estimate of drug-likeness (QED) is 0.493. The second-order valence-electron chi connectivity index (χ2n) is 2.66. The smallest absolute Gasteiger partial charge is 0.356 e. The molecule has 0 saturated carbocycles. The Morgan fingerprint density at radius 2 is 2.00 bits per heavy atom. The van der Waals surface area contributed by atoms with E-state index in [4.69, 9.17) is 0 Å². The van der Waals surface area contributed by atoms with Gasteiger partial charge in [-0.1, -0.05) is 19.8 Å². The number of nitrogens with zero attached hydrogens (tertiary/aromatic N) is 1. The van der Waals surface area contributed by atoms with Gasteiger partial charge < -0.3 is 9.64 Å². The lowest BCUT2D eigenvalue weighted by atomic mass is 10.2. The number of ether oxygens (including phenoxy) is 1. The highest BCUT2D eigenvalue weighted by Crippen LogP contribution is 1.87. The highest BCUT2D eigenvalue weighted by atomic mass is 16.5. The standard InChI is InChI=1S/C8H13NO2/c1-7(2)5-6-11-8(10)9(3)4/h7H,1-4H3. The molecule has 0 heterocycles. The van der Waals surface area contributed by atoms with Crippen molar-refractivity contribution in [3.8, 4) is 12.0 Å². The molecule has 0 radical (unpaired) electrons. The molecule has 0 spiro atoms. The van der Waals surface area contributed by atoms with Crippen LogP contribution >= 0.6 is 0 Å². The van der Waals surface area contributed by atoms with Gasteiger partial charge in [0.05, 0.1) is 0 Å². The summed E-state index contributed by atoms with van der Waals surface area (Å²) >= 11 is 0. The highest BCUT2D eigenvalue weighted by Gasteiger charge is 2.00. The number of rotatable bonds is 0. The predicted molar refractivity (Wildman–Crippen MR) is 42.8 cm³/mol. The van der Waals surface area contributed by atoms with E-state index in [-0.39, 0.29) is 5.92 Å². The van der Waals surface area contributed by atoms with Gasteiger partial charge in [0.25, 0.3) is 0 Å². The molecular formula is C8H13NO2. The van der Waals surface area contributed by atoms with Gasteiger partial charge in [-0.2, -0.15) is 0 Å². The molecule has 0 fully saturated rings. The molecule has 3 heteroatoms. The first-order valence-electron chi connectivity index (χ1n) is 3.42. The van der Waals surface area contributed by atoms with Crippen molar-refractivity contribution in [1.82, 2.24) is 4.90 Å². The van der Waals surface area contributed by atoms with Crippen LogP contribution in [0, 0.1) is 17.9 Å². The molecule has 0 aromatic heterocycles. The van der Waals surface area contributed by atoms with Crippen molar-refractivity contribution in [2.24, 2.45) is 5.92 Å². The zero-order chi connectivity index (χ0) is 8.85. The summed E-state index contributed by atoms with van der Waals surface area (Å²) < 4.78 is 4.54. The molecule has 0 bridgehead atoms. The van der Waals surface area contributed by atoms with Crippen molar-refractivity contribution in [3.05, 3.63) is 0 Å². The summed E-state index contributed by atoms with van der Waals surface area (Å²) in [5.74, 6) is 2.94. The maximum absolute atomic E-state index is 10.7. The first kappa shape index (κ1) is 9.83. The lowest BCUT2D eigenvalue weighted by Crippen LogP contribution is -2.20. The van der Waals surface area contributed by atoms with E-state index in [1.165, 1.54) is 4.90 Å². The lowest BCUT2D eigenvalue weighted by molar-refractivity contribution is 0.162. The third-order valence-electron chi connectivity index (χ3n) is 0.851. The van der Waals surface area contributed by atoms with Crippen LogP contribution in [0.5, 0.6) is 0 Å². The molecule has 62 valence electrons. The first-order chi connectivity index (χ1) is 5.04. The predicted octanol–water partition coefficient (Wildman–Crippen LogP) is 1.30. The van der Waals surface area contributed by atoms with Crippen molar-refractivity contribution < 1.29 is 9.53 Å². The summed E-state index contributed by atoms with van der Waals surface area (Å²) in [6.45, 7) is 3.85. The van der Waals surface area contributed by atoms with E-state index in [1.54, 1.807) is 14.1 Å². The summed E-state index contributed by atoms with van der Waals surface area (Å²) in [6.07, 6.45) is 1.89. The van der Waals surface area contributed by atoms with Crippen LogP contribution in [0.15, 0.2) is 0 Å². The van der Waals surface area contributed by atoms with E-state index in [0.29, 0.717) is 0 Å².